The third-order valence-electron chi connectivity index (χ3n) is 3.63. The molecule has 1 amide bonds. The van der Waals surface area contributed by atoms with Crippen LogP contribution in [0.2, 0.25) is 0 Å². The van der Waals surface area contributed by atoms with Crippen LogP contribution in [0.4, 0.5) is 4.79 Å². The standard InChI is InChI=1S/C13H23NO3/c1-13(2,3)17-12(15)14-9-5-6-10(14)8-11(7-9)16-4/h9-11H,5-8H2,1-4H3/t9-,10+,11?. The van der Waals surface area contributed by atoms with Gasteiger partial charge in [-0.05, 0) is 46.5 Å². The number of nitrogens with zero attached hydrogens (tertiary/aromatic N) is 1. The average molecular weight is 241 g/mol. The number of amides is 1. The molecule has 1 unspecified atom stereocenters. The summed E-state index contributed by atoms with van der Waals surface area (Å²) in [5.41, 5.74) is -0.408. The Labute approximate surface area is 103 Å². The normalized spacial score (nSPS) is 32.7. The summed E-state index contributed by atoms with van der Waals surface area (Å²) in [6.45, 7) is 5.73. The lowest BCUT2D eigenvalue weighted by Gasteiger charge is -2.38. The molecule has 2 fully saturated rings. The van der Waals surface area contributed by atoms with Gasteiger partial charge in [0.1, 0.15) is 5.60 Å². The highest BCUT2D eigenvalue weighted by Gasteiger charge is 2.44. The molecule has 4 heteroatoms. The number of carbonyl (C=O) groups excluding carboxylic acids is 1. The lowest BCUT2D eigenvalue weighted by atomic mass is 10.0. The first kappa shape index (κ1) is 12.7. The maximum Gasteiger partial charge on any atom is 0.410 e. The molecule has 0 aromatic carbocycles. The van der Waals surface area contributed by atoms with Gasteiger partial charge in [-0.1, -0.05) is 0 Å². The number of rotatable bonds is 1. The van der Waals surface area contributed by atoms with E-state index in [0.717, 1.165) is 25.7 Å². The number of hydrogen-bond acceptors (Lipinski definition) is 3. The van der Waals surface area contributed by atoms with Crippen molar-refractivity contribution in [2.24, 2.45) is 0 Å². The van der Waals surface area contributed by atoms with Gasteiger partial charge in [0.05, 0.1) is 6.10 Å². The lowest BCUT2D eigenvalue weighted by molar-refractivity contribution is -0.0213. The molecule has 2 bridgehead atoms. The summed E-state index contributed by atoms with van der Waals surface area (Å²) in [5.74, 6) is 0. The molecule has 4 nitrogen and oxygen atoms in total. The molecule has 2 rings (SSSR count). The summed E-state index contributed by atoms with van der Waals surface area (Å²) < 4.78 is 10.9. The van der Waals surface area contributed by atoms with Crippen molar-refractivity contribution in [2.45, 2.75) is 70.2 Å². The second-order valence-electron chi connectivity index (χ2n) is 6.10. The Kier molecular flexibility index (Phi) is 3.34. The molecule has 0 aliphatic carbocycles. The summed E-state index contributed by atoms with van der Waals surface area (Å²) >= 11 is 0. The Morgan fingerprint density at radius 3 is 2.12 bits per heavy atom. The molecule has 0 radical (unpaired) electrons. The van der Waals surface area contributed by atoms with Crippen LogP contribution in [0.15, 0.2) is 0 Å². The van der Waals surface area contributed by atoms with Gasteiger partial charge in [-0.15, -0.1) is 0 Å². The fourth-order valence-corrected chi connectivity index (χ4v) is 2.93. The van der Waals surface area contributed by atoms with Gasteiger partial charge in [0.25, 0.3) is 0 Å². The van der Waals surface area contributed by atoms with Crippen LogP contribution in [-0.2, 0) is 9.47 Å². The van der Waals surface area contributed by atoms with Gasteiger partial charge in [0.2, 0.25) is 0 Å². The summed E-state index contributed by atoms with van der Waals surface area (Å²) in [7, 11) is 1.76. The highest BCUT2D eigenvalue weighted by atomic mass is 16.6. The molecule has 2 saturated heterocycles. The van der Waals surface area contributed by atoms with Crippen LogP contribution in [0.1, 0.15) is 46.5 Å². The first-order valence-corrected chi connectivity index (χ1v) is 6.45. The summed E-state index contributed by atoms with van der Waals surface area (Å²) in [4.78, 5) is 14.1. The first-order valence-electron chi connectivity index (χ1n) is 6.45. The van der Waals surface area contributed by atoms with Crippen molar-refractivity contribution in [3.8, 4) is 0 Å². The Bertz CT molecular complexity index is 284. The van der Waals surface area contributed by atoms with Crippen LogP contribution in [0, 0.1) is 0 Å². The van der Waals surface area contributed by atoms with Crippen LogP contribution >= 0.6 is 0 Å². The zero-order chi connectivity index (χ0) is 12.6. The highest BCUT2D eigenvalue weighted by Crippen LogP contribution is 2.37. The second-order valence-corrected chi connectivity index (χ2v) is 6.10. The van der Waals surface area contributed by atoms with E-state index in [1.807, 2.05) is 25.7 Å². The minimum Gasteiger partial charge on any atom is -0.444 e. The van der Waals surface area contributed by atoms with E-state index in [9.17, 15) is 4.79 Å². The topological polar surface area (TPSA) is 38.8 Å². The third kappa shape index (κ3) is 2.73. The molecule has 98 valence electrons. The zero-order valence-electron chi connectivity index (χ0n) is 11.2. The number of ether oxygens (including phenoxy) is 2. The van der Waals surface area contributed by atoms with E-state index in [1.165, 1.54) is 0 Å². The molecule has 0 aromatic heterocycles. The molecule has 0 aromatic rings. The molecule has 3 atom stereocenters. The Morgan fingerprint density at radius 2 is 1.71 bits per heavy atom. The van der Waals surface area contributed by atoms with E-state index in [4.69, 9.17) is 9.47 Å². The predicted molar refractivity (Wildman–Crippen MR) is 64.9 cm³/mol. The third-order valence-corrected chi connectivity index (χ3v) is 3.63. The lowest BCUT2D eigenvalue weighted by Crippen LogP contribution is -2.50. The number of methoxy groups -OCH3 is 1. The van der Waals surface area contributed by atoms with Crippen molar-refractivity contribution in [2.75, 3.05) is 7.11 Å². The van der Waals surface area contributed by atoms with E-state index in [0.29, 0.717) is 18.2 Å². The van der Waals surface area contributed by atoms with Crippen LogP contribution < -0.4 is 0 Å². The number of piperidine rings is 1. The van der Waals surface area contributed by atoms with Crippen molar-refractivity contribution < 1.29 is 14.3 Å². The molecular formula is C13H23NO3. The van der Waals surface area contributed by atoms with Crippen LogP contribution in [0.25, 0.3) is 0 Å². The van der Waals surface area contributed by atoms with Crippen molar-refractivity contribution in [1.29, 1.82) is 0 Å². The predicted octanol–water partition coefficient (Wildman–Crippen LogP) is 2.56. The van der Waals surface area contributed by atoms with Crippen molar-refractivity contribution >= 4 is 6.09 Å². The van der Waals surface area contributed by atoms with Crippen LogP contribution in [-0.4, -0.2) is 41.9 Å². The van der Waals surface area contributed by atoms with E-state index in [-0.39, 0.29) is 6.09 Å². The number of carbonyl (C=O) groups is 1. The molecule has 2 aliphatic rings. The highest BCUT2D eigenvalue weighted by molar-refractivity contribution is 5.69. The zero-order valence-corrected chi connectivity index (χ0v) is 11.2. The Balaban J connectivity index is 2.01. The summed E-state index contributed by atoms with van der Waals surface area (Å²) in [6, 6.07) is 0.627. The van der Waals surface area contributed by atoms with E-state index in [1.54, 1.807) is 7.11 Å². The monoisotopic (exact) mass is 241 g/mol. The number of hydrogen-bond donors (Lipinski definition) is 0. The van der Waals surface area contributed by atoms with Gasteiger partial charge in [-0.25, -0.2) is 4.79 Å². The largest absolute Gasteiger partial charge is 0.444 e. The molecule has 0 spiro atoms. The maximum atomic E-state index is 12.1. The molecule has 2 aliphatic heterocycles. The van der Waals surface area contributed by atoms with Gasteiger partial charge in [0.15, 0.2) is 0 Å². The first-order chi connectivity index (χ1) is 7.90. The fraction of sp³-hybridized carbons (Fsp3) is 0.923. The summed E-state index contributed by atoms with van der Waals surface area (Å²) in [6.07, 6.45) is 4.23. The van der Waals surface area contributed by atoms with Crippen molar-refractivity contribution in [3.05, 3.63) is 0 Å². The minimum absolute atomic E-state index is 0.153. The van der Waals surface area contributed by atoms with Crippen LogP contribution in [0.3, 0.4) is 0 Å². The quantitative estimate of drug-likeness (QED) is 0.708. The van der Waals surface area contributed by atoms with Gasteiger partial charge in [-0.3, -0.25) is 0 Å². The number of fused-ring (bicyclic) bond motifs is 2. The maximum absolute atomic E-state index is 12.1. The molecular weight excluding hydrogens is 218 g/mol. The minimum atomic E-state index is -0.408. The average Bonchev–Trinajstić information content (AvgIpc) is 2.47. The van der Waals surface area contributed by atoms with E-state index in [2.05, 4.69) is 0 Å². The Hall–Kier alpha value is -0.770. The summed E-state index contributed by atoms with van der Waals surface area (Å²) in [5, 5.41) is 0. The van der Waals surface area contributed by atoms with Crippen LogP contribution in [0.5, 0.6) is 0 Å². The van der Waals surface area contributed by atoms with Crippen molar-refractivity contribution in [1.82, 2.24) is 4.90 Å². The van der Waals surface area contributed by atoms with E-state index >= 15 is 0 Å². The van der Waals surface area contributed by atoms with Crippen molar-refractivity contribution in [3.63, 3.8) is 0 Å². The Morgan fingerprint density at radius 1 is 1.18 bits per heavy atom. The smallest absolute Gasteiger partial charge is 0.410 e. The van der Waals surface area contributed by atoms with Gasteiger partial charge in [0, 0.05) is 19.2 Å². The molecule has 17 heavy (non-hydrogen) atoms. The molecule has 2 heterocycles. The fourth-order valence-electron chi connectivity index (χ4n) is 2.93. The van der Waals surface area contributed by atoms with Gasteiger partial charge in [-0.2, -0.15) is 0 Å². The second kappa shape index (κ2) is 4.48. The van der Waals surface area contributed by atoms with Gasteiger partial charge >= 0.3 is 6.09 Å². The van der Waals surface area contributed by atoms with E-state index < -0.39 is 5.60 Å². The van der Waals surface area contributed by atoms with Gasteiger partial charge < -0.3 is 14.4 Å². The molecule has 0 saturated carbocycles. The SMILES string of the molecule is COC1C[C@H]2CC[C@@H](C1)N2C(=O)OC(C)(C)C. The molecule has 0 N–H and O–H groups in total.